The molecule has 0 spiro atoms. The third kappa shape index (κ3) is 3.70. The summed E-state index contributed by atoms with van der Waals surface area (Å²) in [6.07, 6.45) is 0.981. The third-order valence-electron chi connectivity index (χ3n) is 4.12. The lowest BCUT2D eigenvalue weighted by atomic mass is 9.96. The fourth-order valence-corrected chi connectivity index (χ4v) is 2.69. The van der Waals surface area contributed by atoms with Crippen molar-refractivity contribution in [1.82, 2.24) is 0 Å². The second-order valence-corrected chi connectivity index (χ2v) is 6.51. The Kier molecular flexibility index (Phi) is 4.74. The molecular weight excluding hydrogens is 304 g/mol. The second kappa shape index (κ2) is 6.95. The summed E-state index contributed by atoms with van der Waals surface area (Å²) < 4.78 is 11.6. The summed E-state index contributed by atoms with van der Waals surface area (Å²) in [5, 5.41) is 9.50. The van der Waals surface area contributed by atoms with Gasteiger partial charge in [-0.2, -0.15) is 0 Å². The molecule has 0 saturated carbocycles. The van der Waals surface area contributed by atoms with E-state index in [1.165, 1.54) is 12.1 Å². The number of ketones is 1. The van der Waals surface area contributed by atoms with Crippen LogP contribution in [0.2, 0.25) is 0 Å². The molecule has 0 saturated heterocycles. The number of hydrogen-bond donors (Lipinski definition) is 1. The summed E-state index contributed by atoms with van der Waals surface area (Å²) in [4.78, 5) is 12.3. The number of Topliss-reactive ketones (excluding diaryl/α,β-unsaturated/α-hetero) is 1. The van der Waals surface area contributed by atoms with Gasteiger partial charge in [0.15, 0.2) is 5.78 Å². The first-order chi connectivity index (χ1) is 11.5. The number of phenolic OH excluding ortho intramolecular Hbond substituents is 1. The summed E-state index contributed by atoms with van der Waals surface area (Å²) in [5.74, 6) is 2.02. The first-order valence-electron chi connectivity index (χ1n) is 8.28. The van der Waals surface area contributed by atoms with E-state index in [2.05, 4.69) is 13.8 Å². The van der Waals surface area contributed by atoms with Crippen molar-refractivity contribution in [3.05, 3.63) is 53.6 Å². The Labute approximate surface area is 142 Å². The van der Waals surface area contributed by atoms with E-state index >= 15 is 0 Å². The van der Waals surface area contributed by atoms with Crippen LogP contribution >= 0.6 is 0 Å². The number of aromatic hydroxyl groups is 1. The third-order valence-corrected chi connectivity index (χ3v) is 4.12. The molecule has 0 amide bonds. The van der Waals surface area contributed by atoms with E-state index in [0.717, 1.165) is 17.7 Å². The number of ether oxygens (including phenoxy) is 2. The zero-order chi connectivity index (χ0) is 17.1. The predicted octanol–water partition coefficient (Wildman–Crippen LogP) is 4.52. The summed E-state index contributed by atoms with van der Waals surface area (Å²) in [7, 11) is 0. The Morgan fingerprint density at radius 3 is 2.67 bits per heavy atom. The Morgan fingerprint density at radius 1 is 1.21 bits per heavy atom. The van der Waals surface area contributed by atoms with Crippen molar-refractivity contribution in [2.45, 2.75) is 32.8 Å². The molecule has 126 valence electrons. The molecule has 1 aliphatic rings. The normalized spacial score (nSPS) is 16.6. The topological polar surface area (TPSA) is 55.8 Å². The highest BCUT2D eigenvalue weighted by Crippen LogP contribution is 2.36. The zero-order valence-electron chi connectivity index (χ0n) is 14.0. The average Bonchev–Trinajstić information content (AvgIpc) is 2.56. The van der Waals surface area contributed by atoms with Gasteiger partial charge < -0.3 is 14.6 Å². The van der Waals surface area contributed by atoms with Gasteiger partial charge in [-0.05, 0) is 48.2 Å². The summed E-state index contributed by atoms with van der Waals surface area (Å²) in [6.45, 7) is 5.04. The fourth-order valence-electron chi connectivity index (χ4n) is 2.69. The summed E-state index contributed by atoms with van der Waals surface area (Å²) in [5.41, 5.74) is 1.39. The monoisotopic (exact) mass is 326 g/mol. The van der Waals surface area contributed by atoms with Crippen molar-refractivity contribution in [2.75, 3.05) is 6.61 Å². The number of benzene rings is 2. The van der Waals surface area contributed by atoms with Crippen LogP contribution in [0.25, 0.3) is 0 Å². The van der Waals surface area contributed by atoms with Gasteiger partial charge in [-0.15, -0.1) is 0 Å². The highest BCUT2D eigenvalue weighted by Gasteiger charge is 2.27. The van der Waals surface area contributed by atoms with Crippen molar-refractivity contribution in [2.24, 2.45) is 5.92 Å². The summed E-state index contributed by atoms with van der Waals surface area (Å²) in [6, 6.07) is 12.3. The molecule has 0 radical (unpaired) electrons. The largest absolute Gasteiger partial charge is 0.508 e. The average molecular weight is 326 g/mol. The standard InChI is InChI=1S/C20H22O4/c1-13(2)9-10-23-16-6-3-14(4-7-16)20-12-18(22)17-11-15(21)5-8-19(17)24-20/h3-8,11,13,20-21H,9-10,12H2,1-2H3. The quantitative estimate of drug-likeness (QED) is 0.877. The van der Waals surface area contributed by atoms with Gasteiger partial charge in [-0.3, -0.25) is 4.79 Å². The molecule has 1 heterocycles. The van der Waals surface area contributed by atoms with E-state index in [1.54, 1.807) is 6.07 Å². The van der Waals surface area contributed by atoms with Gasteiger partial charge >= 0.3 is 0 Å². The molecular formula is C20H22O4. The van der Waals surface area contributed by atoms with Crippen molar-refractivity contribution >= 4 is 5.78 Å². The minimum atomic E-state index is -0.306. The number of hydrogen-bond acceptors (Lipinski definition) is 4. The van der Waals surface area contributed by atoms with E-state index in [-0.39, 0.29) is 24.1 Å². The van der Waals surface area contributed by atoms with Crippen molar-refractivity contribution < 1.29 is 19.4 Å². The van der Waals surface area contributed by atoms with Crippen molar-refractivity contribution in [3.63, 3.8) is 0 Å². The van der Waals surface area contributed by atoms with Crippen LogP contribution in [-0.2, 0) is 0 Å². The van der Waals surface area contributed by atoms with Gasteiger partial charge in [-0.25, -0.2) is 0 Å². The molecule has 1 aliphatic heterocycles. The molecule has 0 bridgehead atoms. The lowest BCUT2D eigenvalue weighted by Gasteiger charge is -2.25. The van der Waals surface area contributed by atoms with Gasteiger partial charge in [-0.1, -0.05) is 26.0 Å². The fraction of sp³-hybridized carbons (Fsp3) is 0.350. The number of fused-ring (bicyclic) bond motifs is 1. The molecule has 3 rings (SSSR count). The molecule has 4 heteroatoms. The molecule has 1 atom stereocenters. The molecule has 1 unspecified atom stereocenters. The summed E-state index contributed by atoms with van der Waals surface area (Å²) >= 11 is 0. The maximum absolute atomic E-state index is 12.3. The molecule has 0 fully saturated rings. The van der Waals surface area contributed by atoms with Gasteiger partial charge in [0.1, 0.15) is 23.4 Å². The Hall–Kier alpha value is -2.49. The highest BCUT2D eigenvalue weighted by molar-refractivity contribution is 6.00. The van der Waals surface area contributed by atoms with Crippen LogP contribution in [0.1, 0.15) is 48.7 Å². The highest BCUT2D eigenvalue weighted by atomic mass is 16.5. The zero-order valence-corrected chi connectivity index (χ0v) is 14.0. The minimum Gasteiger partial charge on any atom is -0.508 e. The number of carbonyl (C=O) groups is 1. The van der Waals surface area contributed by atoms with E-state index in [1.807, 2.05) is 24.3 Å². The lowest BCUT2D eigenvalue weighted by Crippen LogP contribution is -2.20. The maximum Gasteiger partial charge on any atom is 0.170 e. The van der Waals surface area contributed by atoms with Crippen LogP contribution in [0.5, 0.6) is 17.2 Å². The van der Waals surface area contributed by atoms with Gasteiger partial charge in [0.05, 0.1) is 18.6 Å². The number of rotatable bonds is 5. The van der Waals surface area contributed by atoms with Crippen LogP contribution in [-0.4, -0.2) is 17.5 Å². The second-order valence-electron chi connectivity index (χ2n) is 6.51. The molecule has 0 aromatic heterocycles. The smallest absolute Gasteiger partial charge is 0.170 e. The van der Waals surface area contributed by atoms with Crippen LogP contribution in [0, 0.1) is 5.92 Å². The molecule has 4 nitrogen and oxygen atoms in total. The van der Waals surface area contributed by atoms with E-state index < -0.39 is 0 Å². The van der Waals surface area contributed by atoms with Gasteiger partial charge in [0.2, 0.25) is 0 Å². The molecule has 0 aliphatic carbocycles. The molecule has 2 aromatic rings. The van der Waals surface area contributed by atoms with Crippen molar-refractivity contribution in [1.29, 1.82) is 0 Å². The van der Waals surface area contributed by atoms with E-state index in [9.17, 15) is 9.90 Å². The molecule has 1 N–H and O–H groups in total. The van der Waals surface area contributed by atoms with Gasteiger partial charge in [0, 0.05) is 0 Å². The van der Waals surface area contributed by atoms with E-state index in [4.69, 9.17) is 9.47 Å². The van der Waals surface area contributed by atoms with Crippen molar-refractivity contribution in [3.8, 4) is 17.2 Å². The van der Waals surface area contributed by atoms with E-state index in [0.29, 0.717) is 23.8 Å². The molecule has 24 heavy (non-hydrogen) atoms. The maximum atomic E-state index is 12.3. The van der Waals surface area contributed by atoms with Gasteiger partial charge in [0.25, 0.3) is 0 Å². The first-order valence-corrected chi connectivity index (χ1v) is 8.28. The minimum absolute atomic E-state index is 0.0191. The Bertz CT molecular complexity index is 719. The number of phenols is 1. The Balaban J connectivity index is 1.69. The number of carbonyl (C=O) groups excluding carboxylic acids is 1. The SMILES string of the molecule is CC(C)CCOc1ccc(C2CC(=O)c3cc(O)ccc3O2)cc1. The van der Waals surface area contributed by atoms with Crippen LogP contribution in [0.3, 0.4) is 0 Å². The van der Waals surface area contributed by atoms with Crippen LogP contribution in [0.15, 0.2) is 42.5 Å². The predicted molar refractivity (Wildman–Crippen MR) is 91.8 cm³/mol. The molecule has 2 aromatic carbocycles. The lowest BCUT2D eigenvalue weighted by molar-refractivity contribution is 0.0849. The first kappa shape index (κ1) is 16.4. The van der Waals surface area contributed by atoms with Crippen LogP contribution in [0.4, 0.5) is 0 Å². The van der Waals surface area contributed by atoms with Crippen LogP contribution < -0.4 is 9.47 Å². The Morgan fingerprint density at radius 2 is 1.96 bits per heavy atom.